The van der Waals surface area contributed by atoms with Crippen molar-refractivity contribution in [3.63, 3.8) is 0 Å². The van der Waals surface area contributed by atoms with Crippen molar-refractivity contribution in [2.45, 2.75) is 31.7 Å². The van der Waals surface area contributed by atoms with E-state index in [4.69, 9.17) is 0 Å². The molecule has 1 aliphatic rings. The van der Waals surface area contributed by atoms with Crippen LogP contribution in [0.5, 0.6) is 0 Å². The summed E-state index contributed by atoms with van der Waals surface area (Å²) < 4.78 is 81.0. The predicted molar refractivity (Wildman–Crippen MR) is 126 cm³/mol. The van der Waals surface area contributed by atoms with Gasteiger partial charge in [-0.25, -0.2) is 0 Å². The minimum absolute atomic E-state index is 0.00386. The maximum absolute atomic E-state index is 13.7. The third-order valence-electron chi connectivity index (χ3n) is 6.28. The Morgan fingerprint density at radius 1 is 1.00 bits per heavy atom. The number of nitrogens with zero attached hydrogens (tertiary/aromatic N) is 2. The van der Waals surface area contributed by atoms with Crippen molar-refractivity contribution >= 4 is 11.6 Å². The molecule has 0 radical (unpaired) electrons. The minimum atomic E-state index is -5.01. The molecule has 5 nitrogen and oxygen atoms in total. The van der Waals surface area contributed by atoms with Crippen molar-refractivity contribution in [1.82, 2.24) is 9.47 Å². The smallest absolute Gasteiger partial charge is 0.380 e. The third-order valence-corrected chi connectivity index (χ3v) is 6.28. The number of fused-ring (bicyclic) bond motifs is 1. The standard InChI is InChI=1S/C26H23F6N3O2/c1-34(14-15-11-17(25(27,28)29)13-18(12-15)26(30,31)32)24(37)22-20(16-7-4-3-5-8-16)19-9-6-10-33-21(19)23(36)35(22)2/h3-5,7-8,11-13,33H,6,9-10,14H2,1-2H3. The van der Waals surface area contributed by atoms with Gasteiger partial charge in [-0.3, -0.25) is 9.59 Å². The zero-order chi connectivity index (χ0) is 27.1. The molecule has 1 aromatic heterocycles. The molecular formula is C26H23F6N3O2. The van der Waals surface area contributed by atoms with Crippen LogP contribution in [0.15, 0.2) is 53.3 Å². The number of rotatable bonds is 4. The minimum Gasteiger partial charge on any atom is -0.380 e. The number of amides is 1. The molecule has 4 rings (SSSR count). The van der Waals surface area contributed by atoms with E-state index in [2.05, 4.69) is 5.32 Å². The summed E-state index contributed by atoms with van der Waals surface area (Å²) in [5, 5.41) is 3.09. The Morgan fingerprint density at radius 3 is 2.16 bits per heavy atom. The normalized spacial score (nSPS) is 13.6. The third kappa shape index (κ3) is 5.21. The van der Waals surface area contributed by atoms with Gasteiger partial charge in [0.1, 0.15) is 11.4 Å². The van der Waals surface area contributed by atoms with Gasteiger partial charge in [-0.1, -0.05) is 30.3 Å². The summed E-state index contributed by atoms with van der Waals surface area (Å²) in [6.45, 7) is 0.0460. The summed E-state index contributed by atoms with van der Waals surface area (Å²) in [6, 6.07) is 10.1. The fourth-order valence-corrected chi connectivity index (χ4v) is 4.55. The van der Waals surface area contributed by atoms with E-state index in [9.17, 15) is 35.9 Å². The molecule has 11 heteroatoms. The lowest BCUT2D eigenvalue weighted by Gasteiger charge is -2.27. The van der Waals surface area contributed by atoms with Crippen LogP contribution >= 0.6 is 0 Å². The zero-order valence-corrected chi connectivity index (χ0v) is 19.9. The molecule has 1 amide bonds. The van der Waals surface area contributed by atoms with E-state index in [1.54, 1.807) is 30.3 Å². The highest BCUT2D eigenvalue weighted by atomic mass is 19.4. The first kappa shape index (κ1) is 26.3. The largest absolute Gasteiger partial charge is 0.416 e. The topological polar surface area (TPSA) is 54.3 Å². The van der Waals surface area contributed by atoms with Gasteiger partial charge in [0.05, 0.1) is 11.1 Å². The van der Waals surface area contributed by atoms with Crippen molar-refractivity contribution in [3.8, 4) is 11.1 Å². The molecule has 0 fully saturated rings. The van der Waals surface area contributed by atoms with Crippen LogP contribution in [0.4, 0.5) is 32.0 Å². The number of nitrogens with one attached hydrogen (secondary N) is 1. The van der Waals surface area contributed by atoms with Crippen LogP contribution in [0.3, 0.4) is 0 Å². The SMILES string of the molecule is CN(Cc1cc(C(F)(F)F)cc(C(F)(F)F)c1)C(=O)c1c(-c2ccccc2)c2c(c(=O)n1C)NCCC2. The summed E-state index contributed by atoms with van der Waals surface area (Å²) in [6.07, 6.45) is -8.77. The molecule has 0 bridgehead atoms. The number of pyridine rings is 1. The fourth-order valence-electron chi connectivity index (χ4n) is 4.55. The number of carbonyl (C=O) groups excluding carboxylic acids is 1. The van der Waals surface area contributed by atoms with Gasteiger partial charge in [0.25, 0.3) is 11.5 Å². The second-order valence-electron chi connectivity index (χ2n) is 8.91. The first-order chi connectivity index (χ1) is 17.3. The van der Waals surface area contributed by atoms with Gasteiger partial charge >= 0.3 is 12.4 Å². The van der Waals surface area contributed by atoms with Crippen molar-refractivity contribution in [1.29, 1.82) is 0 Å². The Hall–Kier alpha value is -3.76. The van der Waals surface area contributed by atoms with E-state index in [-0.39, 0.29) is 17.3 Å². The van der Waals surface area contributed by atoms with Crippen LogP contribution in [0.25, 0.3) is 11.1 Å². The van der Waals surface area contributed by atoms with E-state index in [0.717, 1.165) is 4.90 Å². The highest BCUT2D eigenvalue weighted by molar-refractivity contribution is 6.01. The molecule has 2 heterocycles. The lowest BCUT2D eigenvalue weighted by Crippen LogP contribution is -2.36. The number of aromatic nitrogens is 1. The molecule has 2 aromatic carbocycles. The van der Waals surface area contributed by atoms with Crippen molar-refractivity contribution < 1.29 is 31.1 Å². The Kier molecular flexibility index (Phi) is 6.83. The Balaban J connectivity index is 1.82. The van der Waals surface area contributed by atoms with Gasteiger partial charge in [-0.15, -0.1) is 0 Å². The first-order valence-electron chi connectivity index (χ1n) is 11.4. The van der Waals surface area contributed by atoms with E-state index in [1.807, 2.05) is 0 Å². The Labute approximate surface area is 208 Å². The van der Waals surface area contributed by atoms with Gasteiger partial charge < -0.3 is 14.8 Å². The van der Waals surface area contributed by atoms with Crippen molar-refractivity contribution in [2.75, 3.05) is 18.9 Å². The number of benzene rings is 2. The summed E-state index contributed by atoms with van der Waals surface area (Å²) in [4.78, 5) is 27.8. The maximum atomic E-state index is 13.7. The molecule has 1 aliphatic heterocycles. The van der Waals surface area contributed by atoms with E-state index < -0.39 is 41.5 Å². The van der Waals surface area contributed by atoms with Gasteiger partial charge in [0.15, 0.2) is 0 Å². The Bertz CT molecular complexity index is 1360. The van der Waals surface area contributed by atoms with Gasteiger partial charge in [0, 0.05) is 32.7 Å². The second-order valence-corrected chi connectivity index (χ2v) is 8.91. The monoisotopic (exact) mass is 523 g/mol. The summed E-state index contributed by atoms with van der Waals surface area (Å²) in [7, 11) is 2.69. The molecule has 0 saturated carbocycles. The number of hydrogen-bond donors (Lipinski definition) is 1. The average molecular weight is 523 g/mol. The number of hydrogen-bond acceptors (Lipinski definition) is 3. The lowest BCUT2D eigenvalue weighted by molar-refractivity contribution is -0.143. The molecule has 196 valence electrons. The molecule has 0 unspecified atom stereocenters. The molecule has 1 N–H and O–H groups in total. The molecule has 0 aliphatic carbocycles. The molecule has 0 spiro atoms. The van der Waals surface area contributed by atoms with Crippen molar-refractivity contribution in [3.05, 3.63) is 86.8 Å². The molecule has 3 aromatic rings. The lowest BCUT2D eigenvalue weighted by atomic mass is 9.91. The van der Waals surface area contributed by atoms with Crippen LogP contribution in [-0.2, 0) is 32.4 Å². The fraction of sp³-hybridized carbons (Fsp3) is 0.308. The van der Waals surface area contributed by atoms with Gasteiger partial charge in [-0.2, -0.15) is 26.3 Å². The number of alkyl halides is 6. The van der Waals surface area contributed by atoms with Gasteiger partial charge in [-0.05, 0) is 47.7 Å². The maximum Gasteiger partial charge on any atom is 0.416 e. The van der Waals surface area contributed by atoms with Crippen LogP contribution in [0.1, 0.15) is 39.2 Å². The van der Waals surface area contributed by atoms with Crippen LogP contribution in [0.2, 0.25) is 0 Å². The number of halogens is 6. The molecule has 0 atom stereocenters. The van der Waals surface area contributed by atoms with E-state index in [0.29, 0.717) is 53.9 Å². The highest BCUT2D eigenvalue weighted by Crippen LogP contribution is 2.37. The summed E-state index contributed by atoms with van der Waals surface area (Å²) in [5.74, 6) is -0.710. The van der Waals surface area contributed by atoms with E-state index >= 15 is 0 Å². The van der Waals surface area contributed by atoms with Crippen molar-refractivity contribution in [2.24, 2.45) is 7.05 Å². The van der Waals surface area contributed by atoms with E-state index in [1.165, 1.54) is 18.7 Å². The summed E-state index contributed by atoms with van der Waals surface area (Å²) >= 11 is 0. The number of carbonyl (C=O) groups is 1. The van der Waals surface area contributed by atoms with Crippen LogP contribution in [0, 0.1) is 0 Å². The van der Waals surface area contributed by atoms with Gasteiger partial charge in [0.2, 0.25) is 0 Å². The molecule has 0 saturated heterocycles. The average Bonchev–Trinajstić information content (AvgIpc) is 2.85. The summed E-state index contributed by atoms with van der Waals surface area (Å²) in [5.41, 5.74) is -1.52. The Morgan fingerprint density at radius 2 is 1.59 bits per heavy atom. The predicted octanol–water partition coefficient (Wildman–Crippen LogP) is 5.72. The molecule has 37 heavy (non-hydrogen) atoms. The number of anilines is 1. The highest BCUT2D eigenvalue weighted by Gasteiger charge is 2.37. The second kappa shape index (κ2) is 9.60. The first-order valence-corrected chi connectivity index (χ1v) is 11.4. The molecular weight excluding hydrogens is 500 g/mol. The van der Waals surface area contributed by atoms with Crippen LogP contribution < -0.4 is 10.9 Å². The quantitative estimate of drug-likeness (QED) is 0.445. The van der Waals surface area contributed by atoms with Crippen LogP contribution in [-0.4, -0.2) is 29.0 Å². The zero-order valence-electron chi connectivity index (χ0n) is 19.9.